The van der Waals surface area contributed by atoms with Crippen LogP contribution in [0, 0.1) is 0 Å². The van der Waals surface area contributed by atoms with Crippen LogP contribution in [0.4, 0.5) is 5.69 Å². The summed E-state index contributed by atoms with van der Waals surface area (Å²) in [5.74, 6) is -0.599. The fourth-order valence-corrected chi connectivity index (χ4v) is 2.24. The van der Waals surface area contributed by atoms with Crippen molar-refractivity contribution in [2.45, 2.75) is 39.0 Å². The predicted octanol–water partition coefficient (Wildman–Crippen LogP) is 2.95. The molecule has 1 aliphatic heterocycles. The molecule has 1 aliphatic rings. The zero-order chi connectivity index (χ0) is 13.7. The van der Waals surface area contributed by atoms with Gasteiger partial charge in [-0.1, -0.05) is 32.6 Å². The van der Waals surface area contributed by atoms with Gasteiger partial charge < -0.3 is 5.32 Å². The van der Waals surface area contributed by atoms with Crippen molar-refractivity contribution in [3.8, 4) is 0 Å². The third kappa shape index (κ3) is 3.34. The van der Waals surface area contributed by atoms with Crippen LogP contribution in [0.1, 0.15) is 59.7 Å². The molecule has 2 amide bonds. The van der Waals surface area contributed by atoms with Gasteiger partial charge in [-0.25, -0.2) is 0 Å². The molecule has 0 fully saturated rings. The Kier molecular flexibility index (Phi) is 4.55. The van der Waals surface area contributed by atoms with Gasteiger partial charge in [-0.2, -0.15) is 0 Å². The van der Waals surface area contributed by atoms with Gasteiger partial charge in [-0.15, -0.1) is 0 Å². The summed E-state index contributed by atoms with van der Waals surface area (Å²) >= 11 is 0. The molecule has 0 aliphatic carbocycles. The summed E-state index contributed by atoms with van der Waals surface area (Å²) in [7, 11) is 0. The Morgan fingerprint density at radius 1 is 1.00 bits per heavy atom. The first kappa shape index (κ1) is 13.6. The molecule has 0 saturated carbocycles. The largest absolute Gasteiger partial charge is 0.385 e. The van der Waals surface area contributed by atoms with Crippen molar-refractivity contribution in [2.24, 2.45) is 0 Å². The third-order valence-corrected chi connectivity index (χ3v) is 3.35. The van der Waals surface area contributed by atoms with E-state index in [1.54, 1.807) is 12.1 Å². The van der Waals surface area contributed by atoms with Gasteiger partial charge in [0.1, 0.15) is 0 Å². The van der Waals surface area contributed by atoms with Crippen LogP contribution in [0.5, 0.6) is 0 Å². The van der Waals surface area contributed by atoms with E-state index in [2.05, 4.69) is 17.6 Å². The standard InChI is InChI=1S/C15H20N2O2/c1-2-3-4-5-6-9-16-11-7-8-12-13(10-11)15(19)17-14(12)18/h7-8,10,16H,2-6,9H2,1H3,(H,17,18,19). The van der Waals surface area contributed by atoms with Gasteiger partial charge in [0.05, 0.1) is 11.1 Å². The van der Waals surface area contributed by atoms with Gasteiger partial charge in [-0.05, 0) is 24.6 Å². The molecule has 102 valence electrons. The molecule has 1 heterocycles. The maximum absolute atomic E-state index is 11.5. The van der Waals surface area contributed by atoms with Crippen molar-refractivity contribution >= 4 is 17.5 Å². The summed E-state index contributed by atoms with van der Waals surface area (Å²) in [5.41, 5.74) is 1.85. The lowest BCUT2D eigenvalue weighted by Crippen LogP contribution is -2.19. The summed E-state index contributed by atoms with van der Waals surface area (Å²) in [6, 6.07) is 5.31. The Morgan fingerprint density at radius 3 is 2.53 bits per heavy atom. The summed E-state index contributed by atoms with van der Waals surface area (Å²) in [5, 5.41) is 5.59. The van der Waals surface area contributed by atoms with E-state index in [9.17, 15) is 9.59 Å². The Labute approximate surface area is 113 Å². The Bertz CT molecular complexity index is 483. The molecule has 0 unspecified atom stereocenters. The maximum atomic E-state index is 11.5. The highest BCUT2D eigenvalue weighted by atomic mass is 16.2. The molecule has 19 heavy (non-hydrogen) atoms. The molecule has 2 N–H and O–H groups in total. The van der Waals surface area contributed by atoms with Crippen LogP contribution in [-0.4, -0.2) is 18.4 Å². The van der Waals surface area contributed by atoms with Crippen molar-refractivity contribution < 1.29 is 9.59 Å². The van der Waals surface area contributed by atoms with Crippen LogP contribution >= 0.6 is 0 Å². The molecule has 0 atom stereocenters. The lowest BCUT2D eigenvalue weighted by atomic mass is 10.1. The van der Waals surface area contributed by atoms with Crippen molar-refractivity contribution in [1.29, 1.82) is 0 Å². The summed E-state index contributed by atoms with van der Waals surface area (Å²) in [6.07, 6.45) is 6.18. The van der Waals surface area contributed by atoms with E-state index in [1.807, 2.05) is 6.07 Å². The second kappa shape index (κ2) is 6.36. The average molecular weight is 260 g/mol. The first-order valence-corrected chi connectivity index (χ1v) is 6.96. The second-order valence-electron chi connectivity index (χ2n) is 4.88. The summed E-state index contributed by atoms with van der Waals surface area (Å²) in [4.78, 5) is 22.9. The normalized spacial score (nSPS) is 13.3. The van der Waals surface area contributed by atoms with Crippen LogP contribution in [0.2, 0.25) is 0 Å². The highest BCUT2D eigenvalue weighted by Gasteiger charge is 2.26. The zero-order valence-corrected chi connectivity index (χ0v) is 11.3. The number of rotatable bonds is 7. The smallest absolute Gasteiger partial charge is 0.259 e. The molecule has 0 saturated heterocycles. The maximum Gasteiger partial charge on any atom is 0.259 e. The molecule has 1 aromatic carbocycles. The van der Waals surface area contributed by atoms with Crippen LogP contribution in [0.15, 0.2) is 18.2 Å². The van der Waals surface area contributed by atoms with Gasteiger partial charge in [-0.3, -0.25) is 14.9 Å². The number of imide groups is 1. The molecule has 4 nitrogen and oxygen atoms in total. The first-order valence-electron chi connectivity index (χ1n) is 6.96. The van der Waals surface area contributed by atoms with Crippen LogP contribution in [0.3, 0.4) is 0 Å². The van der Waals surface area contributed by atoms with E-state index in [0.717, 1.165) is 18.7 Å². The number of carbonyl (C=O) groups is 2. The van der Waals surface area contributed by atoms with Crippen LogP contribution < -0.4 is 10.6 Å². The number of fused-ring (bicyclic) bond motifs is 1. The highest BCUT2D eigenvalue weighted by molar-refractivity contribution is 6.21. The number of nitrogens with one attached hydrogen (secondary N) is 2. The van der Waals surface area contributed by atoms with E-state index in [1.165, 1.54) is 25.7 Å². The van der Waals surface area contributed by atoms with E-state index in [0.29, 0.717) is 11.1 Å². The Morgan fingerprint density at radius 2 is 1.74 bits per heavy atom. The van der Waals surface area contributed by atoms with Crippen LogP contribution in [-0.2, 0) is 0 Å². The minimum Gasteiger partial charge on any atom is -0.385 e. The van der Waals surface area contributed by atoms with E-state index in [-0.39, 0.29) is 11.8 Å². The Balaban J connectivity index is 1.84. The molecule has 0 radical (unpaired) electrons. The topological polar surface area (TPSA) is 58.2 Å². The predicted molar refractivity (Wildman–Crippen MR) is 75.5 cm³/mol. The number of hydrogen-bond acceptors (Lipinski definition) is 3. The van der Waals surface area contributed by atoms with Crippen molar-refractivity contribution in [2.75, 3.05) is 11.9 Å². The summed E-state index contributed by atoms with van der Waals surface area (Å²) in [6.45, 7) is 3.10. The fraction of sp³-hybridized carbons (Fsp3) is 0.467. The monoisotopic (exact) mass is 260 g/mol. The highest BCUT2D eigenvalue weighted by Crippen LogP contribution is 2.20. The van der Waals surface area contributed by atoms with E-state index in [4.69, 9.17) is 0 Å². The van der Waals surface area contributed by atoms with E-state index < -0.39 is 0 Å². The molecular weight excluding hydrogens is 240 g/mol. The number of carbonyl (C=O) groups excluding carboxylic acids is 2. The molecular formula is C15H20N2O2. The third-order valence-electron chi connectivity index (χ3n) is 3.35. The SMILES string of the molecule is CCCCCCCNc1ccc2c(c1)C(=O)NC2=O. The van der Waals surface area contributed by atoms with Gasteiger partial charge in [0.25, 0.3) is 11.8 Å². The molecule has 0 aromatic heterocycles. The van der Waals surface area contributed by atoms with Gasteiger partial charge in [0, 0.05) is 12.2 Å². The number of anilines is 1. The van der Waals surface area contributed by atoms with Crippen molar-refractivity contribution in [3.63, 3.8) is 0 Å². The van der Waals surface area contributed by atoms with Crippen molar-refractivity contribution in [1.82, 2.24) is 5.32 Å². The molecule has 1 aromatic rings. The van der Waals surface area contributed by atoms with Gasteiger partial charge >= 0.3 is 0 Å². The van der Waals surface area contributed by atoms with Gasteiger partial charge in [0.2, 0.25) is 0 Å². The second-order valence-corrected chi connectivity index (χ2v) is 4.88. The zero-order valence-electron chi connectivity index (χ0n) is 11.3. The number of unbranched alkanes of at least 4 members (excludes halogenated alkanes) is 4. The fourth-order valence-electron chi connectivity index (χ4n) is 2.24. The molecule has 0 bridgehead atoms. The number of benzene rings is 1. The van der Waals surface area contributed by atoms with Crippen LogP contribution in [0.25, 0.3) is 0 Å². The van der Waals surface area contributed by atoms with Gasteiger partial charge in [0.15, 0.2) is 0 Å². The molecule has 4 heteroatoms. The summed E-state index contributed by atoms with van der Waals surface area (Å²) < 4.78 is 0. The lowest BCUT2D eigenvalue weighted by molar-refractivity contribution is 0.0879. The lowest BCUT2D eigenvalue weighted by Gasteiger charge is -2.07. The minimum atomic E-state index is -0.300. The quantitative estimate of drug-likeness (QED) is 0.585. The first-order chi connectivity index (χ1) is 9.22. The minimum absolute atomic E-state index is 0.299. The number of hydrogen-bond donors (Lipinski definition) is 2. The van der Waals surface area contributed by atoms with Crippen molar-refractivity contribution in [3.05, 3.63) is 29.3 Å². The molecule has 2 rings (SSSR count). The average Bonchev–Trinajstić information content (AvgIpc) is 2.69. The number of amides is 2. The molecule has 0 spiro atoms. The van der Waals surface area contributed by atoms with E-state index >= 15 is 0 Å². The Hall–Kier alpha value is -1.84.